The lowest BCUT2D eigenvalue weighted by atomic mass is 10.1. The lowest BCUT2D eigenvalue weighted by Crippen LogP contribution is -2.12. The molecule has 0 bridgehead atoms. The largest absolute Gasteiger partial charge is 0.482 e. The van der Waals surface area contributed by atoms with E-state index in [0.29, 0.717) is 6.54 Å². The highest BCUT2D eigenvalue weighted by Crippen LogP contribution is 2.30. The molecule has 1 atom stereocenters. The molecule has 0 aliphatic heterocycles. The van der Waals surface area contributed by atoms with Crippen molar-refractivity contribution in [1.82, 2.24) is 19.7 Å². The van der Waals surface area contributed by atoms with Gasteiger partial charge < -0.3 is 4.74 Å². The standard InChI is InChI=1S/C26H28N4OS2/c1-6-13-30-24(20(5)31-23-12-8-10-18(3)19(23)4)28-29-26(30)33-16-22-15-32-25(27-22)21-11-7-9-17(2)14-21/h6-12,14-15,20H,1,13,16H2,2-5H3. The number of thioether (sulfide) groups is 1. The van der Waals surface area contributed by atoms with Crippen LogP contribution in [0.25, 0.3) is 10.6 Å². The Morgan fingerprint density at radius 1 is 1.15 bits per heavy atom. The molecule has 33 heavy (non-hydrogen) atoms. The third kappa shape index (κ3) is 5.37. The number of nitrogens with zero attached hydrogens (tertiary/aromatic N) is 4. The summed E-state index contributed by atoms with van der Waals surface area (Å²) < 4.78 is 8.33. The molecular formula is C26H28N4OS2. The van der Waals surface area contributed by atoms with Gasteiger partial charge in [0.15, 0.2) is 17.1 Å². The summed E-state index contributed by atoms with van der Waals surface area (Å²) >= 11 is 3.30. The van der Waals surface area contributed by atoms with E-state index in [0.717, 1.165) is 44.3 Å². The Balaban J connectivity index is 1.49. The van der Waals surface area contributed by atoms with Crippen LogP contribution in [0, 0.1) is 20.8 Å². The minimum absolute atomic E-state index is 0.237. The van der Waals surface area contributed by atoms with Crippen LogP contribution in [0.1, 0.15) is 41.2 Å². The lowest BCUT2D eigenvalue weighted by Gasteiger charge is -2.17. The van der Waals surface area contributed by atoms with E-state index in [2.05, 4.69) is 77.8 Å². The van der Waals surface area contributed by atoms with Gasteiger partial charge in [-0.05, 0) is 51.0 Å². The van der Waals surface area contributed by atoms with Gasteiger partial charge in [0.25, 0.3) is 0 Å². The molecule has 7 heteroatoms. The molecule has 0 saturated carbocycles. The highest BCUT2D eigenvalue weighted by atomic mass is 32.2. The predicted molar refractivity (Wildman–Crippen MR) is 137 cm³/mol. The number of hydrogen-bond acceptors (Lipinski definition) is 6. The average molecular weight is 477 g/mol. The van der Waals surface area contributed by atoms with Crippen LogP contribution in [-0.4, -0.2) is 19.7 Å². The van der Waals surface area contributed by atoms with Gasteiger partial charge in [-0.25, -0.2) is 4.98 Å². The molecule has 0 radical (unpaired) electrons. The number of thiazole rings is 1. The van der Waals surface area contributed by atoms with Gasteiger partial charge in [0.1, 0.15) is 10.8 Å². The summed E-state index contributed by atoms with van der Waals surface area (Å²) in [6, 6.07) is 14.5. The SMILES string of the molecule is C=CCn1c(SCc2csc(-c3cccc(C)c3)n2)nnc1C(C)Oc1cccc(C)c1C. The predicted octanol–water partition coefficient (Wildman–Crippen LogP) is 6.95. The van der Waals surface area contributed by atoms with Gasteiger partial charge >= 0.3 is 0 Å². The van der Waals surface area contributed by atoms with Crippen LogP contribution in [0.2, 0.25) is 0 Å². The summed E-state index contributed by atoms with van der Waals surface area (Å²) in [5, 5.41) is 12.9. The molecule has 1 unspecified atom stereocenters. The van der Waals surface area contributed by atoms with Crippen LogP contribution in [0.3, 0.4) is 0 Å². The molecule has 0 aliphatic carbocycles. The van der Waals surface area contributed by atoms with E-state index < -0.39 is 0 Å². The van der Waals surface area contributed by atoms with E-state index in [-0.39, 0.29) is 6.10 Å². The summed E-state index contributed by atoms with van der Waals surface area (Å²) in [5.74, 6) is 2.39. The van der Waals surface area contributed by atoms with Crippen molar-refractivity contribution in [3.05, 3.63) is 88.7 Å². The first kappa shape index (κ1) is 23.3. The van der Waals surface area contributed by atoms with Gasteiger partial charge in [0.2, 0.25) is 0 Å². The van der Waals surface area contributed by atoms with Gasteiger partial charge in [-0.1, -0.05) is 53.7 Å². The Morgan fingerprint density at radius 2 is 1.97 bits per heavy atom. The van der Waals surface area contributed by atoms with Crippen LogP contribution < -0.4 is 4.74 Å². The van der Waals surface area contributed by atoms with E-state index in [9.17, 15) is 0 Å². The smallest absolute Gasteiger partial charge is 0.192 e. The summed E-state index contributed by atoms with van der Waals surface area (Å²) in [4.78, 5) is 4.82. The Hall–Kier alpha value is -2.90. The molecule has 0 spiro atoms. The maximum atomic E-state index is 6.26. The van der Waals surface area contributed by atoms with E-state index >= 15 is 0 Å². The Kier molecular flexibility index (Phi) is 7.30. The summed E-state index contributed by atoms with van der Waals surface area (Å²) in [7, 11) is 0. The number of benzene rings is 2. The monoisotopic (exact) mass is 476 g/mol. The molecule has 0 saturated heterocycles. The third-order valence-electron chi connectivity index (χ3n) is 5.45. The second-order valence-electron chi connectivity index (χ2n) is 8.00. The average Bonchev–Trinajstić information content (AvgIpc) is 3.43. The minimum atomic E-state index is -0.237. The summed E-state index contributed by atoms with van der Waals surface area (Å²) in [6.07, 6.45) is 1.62. The molecule has 4 rings (SSSR count). The lowest BCUT2D eigenvalue weighted by molar-refractivity contribution is 0.209. The zero-order valence-electron chi connectivity index (χ0n) is 19.4. The van der Waals surface area contributed by atoms with Crippen LogP contribution in [0.15, 0.2) is 65.7 Å². The maximum Gasteiger partial charge on any atom is 0.192 e. The topological polar surface area (TPSA) is 52.8 Å². The number of hydrogen-bond donors (Lipinski definition) is 0. The van der Waals surface area contributed by atoms with E-state index in [4.69, 9.17) is 9.72 Å². The molecule has 2 aromatic carbocycles. The van der Waals surface area contributed by atoms with Crippen molar-refractivity contribution in [3.63, 3.8) is 0 Å². The fourth-order valence-electron chi connectivity index (χ4n) is 3.53. The molecule has 0 N–H and O–H groups in total. The first-order valence-corrected chi connectivity index (χ1v) is 12.7. The molecule has 2 aromatic heterocycles. The second-order valence-corrected chi connectivity index (χ2v) is 9.80. The first-order valence-electron chi connectivity index (χ1n) is 10.9. The number of rotatable bonds is 9. The van der Waals surface area contributed by atoms with Crippen molar-refractivity contribution >= 4 is 23.1 Å². The fourth-order valence-corrected chi connectivity index (χ4v) is 5.30. The molecule has 4 aromatic rings. The number of aryl methyl sites for hydroxylation is 2. The molecule has 0 fully saturated rings. The van der Waals surface area contributed by atoms with Crippen molar-refractivity contribution in [2.45, 2.75) is 51.3 Å². The van der Waals surface area contributed by atoms with Crippen molar-refractivity contribution in [1.29, 1.82) is 0 Å². The molecular weight excluding hydrogens is 448 g/mol. The molecule has 170 valence electrons. The highest BCUT2D eigenvalue weighted by Gasteiger charge is 2.20. The van der Waals surface area contributed by atoms with Gasteiger partial charge in [-0.15, -0.1) is 28.1 Å². The van der Waals surface area contributed by atoms with Gasteiger partial charge in [-0.3, -0.25) is 4.57 Å². The Labute approximate surface area is 203 Å². The quantitative estimate of drug-likeness (QED) is 0.193. The molecule has 5 nitrogen and oxygen atoms in total. The minimum Gasteiger partial charge on any atom is -0.482 e. The molecule has 0 aliphatic rings. The second kappa shape index (κ2) is 10.4. The third-order valence-corrected chi connectivity index (χ3v) is 7.39. The van der Waals surface area contributed by atoms with E-state index in [1.807, 2.05) is 25.1 Å². The van der Waals surface area contributed by atoms with Crippen molar-refractivity contribution in [3.8, 4) is 16.3 Å². The number of aromatic nitrogens is 4. The van der Waals surface area contributed by atoms with Crippen LogP contribution in [0.5, 0.6) is 5.75 Å². The number of allylic oxidation sites excluding steroid dienone is 1. The van der Waals surface area contributed by atoms with E-state index in [1.54, 1.807) is 23.1 Å². The van der Waals surface area contributed by atoms with E-state index in [1.165, 1.54) is 11.1 Å². The van der Waals surface area contributed by atoms with Crippen molar-refractivity contribution < 1.29 is 4.74 Å². The molecule has 0 amide bonds. The van der Waals surface area contributed by atoms with Gasteiger partial charge in [0, 0.05) is 23.2 Å². The highest BCUT2D eigenvalue weighted by molar-refractivity contribution is 7.98. The van der Waals surface area contributed by atoms with Gasteiger partial charge in [0.05, 0.1) is 5.69 Å². The normalized spacial score (nSPS) is 12.0. The fraction of sp³-hybridized carbons (Fsp3) is 0.269. The molecule has 2 heterocycles. The van der Waals surface area contributed by atoms with Gasteiger partial charge in [-0.2, -0.15) is 0 Å². The summed E-state index contributed by atoms with van der Waals surface area (Å²) in [6.45, 7) is 12.8. The summed E-state index contributed by atoms with van der Waals surface area (Å²) in [5.41, 5.74) is 5.78. The van der Waals surface area contributed by atoms with Crippen LogP contribution in [-0.2, 0) is 12.3 Å². The zero-order valence-corrected chi connectivity index (χ0v) is 21.0. The van der Waals surface area contributed by atoms with Crippen molar-refractivity contribution in [2.24, 2.45) is 0 Å². The van der Waals surface area contributed by atoms with Crippen LogP contribution >= 0.6 is 23.1 Å². The van der Waals surface area contributed by atoms with Crippen molar-refractivity contribution in [2.75, 3.05) is 0 Å². The zero-order chi connectivity index (χ0) is 23.4. The maximum absolute atomic E-state index is 6.26. The Bertz CT molecular complexity index is 1260. The van der Waals surface area contributed by atoms with Crippen LogP contribution in [0.4, 0.5) is 0 Å². The first-order chi connectivity index (χ1) is 16.0. The number of ether oxygens (including phenoxy) is 1. The Morgan fingerprint density at radius 3 is 2.76 bits per heavy atom.